The van der Waals surface area contributed by atoms with Crippen molar-refractivity contribution in [2.24, 2.45) is 5.92 Å². The molecule has 220 valence electrons. The fraction of sp³-hybridized carbons (Fsp3) is 0.533. The maximum absolute atomic E-state index is 12.7. The number of anilines is 3. The lowest BCUT2D eigenvalue weighted by Gasteiger charge is -2.39. The third kappa shape index (κ3) is 6.58. The van der Waals surface area contributed by atoms with E-state index in [1.54, 1.807) is 19.5 Å². The van der Waals surface area contributed by atoms with Gasteiger partial charge in [-0.25, -0.2) is 14.6 Å². The van der Waals surface area contributed by atoms with Crippen LogP contribution >= 0.6 is 7.14 Å². The van der Waals surface area contributed by atoms with Crippen LogP contribution in [-0.2, 0) is 21.0 Å². The van der Waals surface area contributed by atoms with Gasteiger partial charge in [0, 0.05) is 42.9 Å². The molecule has 0 saturated heterocycles. The summed E-state index contributed by atoms with van der Waals surface area (Å²) < 4.78 is 21.2. The normalized spacial score (nSPS) is 17.3. The molecule has 3 aromatic rings. The molecular formula is C30H44N7O2PSi. The average molecular weight is 594 g/mol. The van der Waals surface area contributed by atoms with Gasteiger partial charge in [0.15, 0.2) is 8.32 Å². The van der Waals surface area contributed by atoms with E-state index in [4.69, 9.17) is 9.41 Å². The van der Waals surface area contributed by atoms with Gasteiger partial charge in [-0.05, 0) is 61.1 Å². The summed E-state index contributed by atoms with van der Waals surface area (Å²) in [4.78, 5) is 9.26. The maximum Gasteiger partial charge on any atom is 0.228 e. The Morgan fingerprint density at radius 2 is 1.98 bits per heavy atom. The van der Waals surface area contributed by atoms with E-state index in [1.165, 1.54) is 0 Å². The molecular weight excluding hydrogens is 549 g/mol. The number of aromatic nitrogens is 4. The molecule has 0 spiro atoms. The van der Waals surface area contributed by atoms with E-state index in [9.17, 15) is 9.83 Å². The summed E-state index contributed by atoms with van der Waals surface area (Å²) in [7, 11) is -4.50. The van der Waals surface area contributed by atoms with Crippen molar-refractivity contribution in [3.63, 3.8) is 0 Å². The third-order valence-electron chi connectivity index (χ3n) is 8.17. The number of nitrogens with one attached hydrogen (secondary N) is 2. The van der Waals surface area contributed by atoms with Crippen LogP contribution in [0.15, 0.2) is 30.5 Å². The lowest BCUT2D eigenvalue weighted by Crippen LogP contribution is -2.45. The molecule has 3 heterocycles. The molecule has 11 heteroatoms. The van der Waals surface area contributed by atoms with Gasteiger partial charge in [0.1, 0.15) is 24.5 Å². The molecule has 41 heavy (non-hydrogen) atoms. The highest BCUT2D eigenvalue weighted by Gasteiger charge is 2.42. The highest BCUT2D eigenvalue weighted by Crippen LogP contribution is 2.44. The second kappa shape index (κ2) is 11.0. The molecule has 1 aromatic carbocycles. The van der Waals surface area contributed by atoms with Crippen LogP contribution in [-0.4, -0.2) is 54.5 Å². The zero-order chi connectivity index (χ0) is 30.4. The Labute approximate surface area is 245 Å². The van der Waals surface area contributed by atoms with Crippen LogP contribution in [0, 0.1) is 17.2 Å². The van der Waals surface area contributed by atoms with Gasteiger partial charge in [-0.3, -0.25) is 0 Å². The highest BCUT2D eigenvalue weighted by molar-refractivity contribution is 7.69. The number of benzene rings is 1. The molecule has 0 amide bonds. The summed E-state index contributed by atoms with van der Waals surface area (Å²) in [6.07, 6.45) is 1.70. The van der Waals surface area contributed by atoms with Crippen molar-refractivity contribution in [2.75, 3.05) is 37.1 Å². The van der Waals surface area contributed by atoms with Gasteiger partial charge < -0.3 is 19.6 Å². The van der Waals surface area contributed by atoms with Crippen molar-refractivity contribution in [3.05, 3.63) is 41.6 Å². The summed E-state index contributed by atoms with van der Waals surface area (Å²) in [5.41, 5.74) is 4.36. The summed E-state index contributed by atoms with van der Waals surface area (Å²) in [6, 6.07) is 10.1. The number of rotatable bonds is 9. The predicted molar refractivity (Wildman–Crippen MR) is 171 cm³/mol. The van der Waals surface area contributed by atoms with Crippen molar-refractivity contribution < 1.29 is 8.99 Å². The Morgan fingerprint density at radius 3 is 2.59 bits per heavy atom. The molecule has 0 bridgehead atoms. The number of fused-ring (bicyclic) bond motifs is 1. The largest absolute Gasteiger partial charge is 0.416 e. The first-order valence-electron chi connectivity index (χ1n) is 14.1. The van der Waals surface area contributed by atoms with Crippen molar-refractivity contribution >= 4 is 38.3 Å². The predicted octanol–water partition coefficient (Wildman–Crippen LogP) is 6.56. The van der Waals surface area contributed by atoms with Gasteiger partial charge in [0.25, 0.3) is 0 Å². The monoisotopic (exact) mass is 593 g/mol. The number of hydrogen-bond donors (Lipinski definition) is 2. The topological polar surface area (TPSA) is 118 Å². The van der Waals surface area contributed by atoms with Crippen molar-refractivity contribution in [1.29, 1.82) is 5.26 Å². The van der Waals surface area contributed by atoms with Crippen LogP contribution in [0.5, 0.6) is 0 Å². The lowest BCUT2D eigenvalue weighted by molar-refractivity contribution is 0.220. The fourth-order valence-corrected chi connectivity index (χ4v) is 6.42. The van der Waals surface area contributed by atoms with Crippen LogP contribution < -0.4 is 16.1 Å². The Morgan fingerprint density at radius 1 is 1.27 bits per heavy atom. The molecule has 0 saturated carbocycles. The molecule has 1 aliphatic heterocycles. The number of nitriles is 1. The molecule has 2 N–H and O–H groups in total. The van der Waals surface area contributed by atoms with Crippen LogP contribution in [0.2, 0.25) is 18.1 Å². The summed E-state index contributed by atoms with van der Waals surface area (Å²) in [5, 5.41) is 21.5. The molecule has 0 unspecified atom stereocenters. The molecule has 0 radical (unpaired) electrons. The van der Waals surface area contributed by atoms with Gasteiger partial charge >= 0.3 is 0 Å². The molecule has 1 atom stereocenters. The van der Waals surface area contributed by atoms with Crippen LogP contribution in [0.3, 0.4) is 0 Å². The molecule has 4 rings (SSSR count). The van der Waals surface area contributed by atoms with Gasteiger partial charge in [-0.2, -0.15) is 10.4 Å². The molecule has 2 aromatic heterocycles. The minimum atomic E-state index is -2.54. The highest BCUT2D eigenvalue weighted by atomic mass is 31.2. The summed E-state index contributed by atoms with van der Waals surface area (Å²) in [6.45, 7) is 23.1. The Kier molecular flexibility index (Phi) is 8.31. The minimum Gasteiger partial charge on any atom is -0.416 e. The lowest BCUT2D eigenvalue weighted by atomic mass is 9.83. The number of nitrogens with zero attached hydrogens (tertiary/aromatic N) is 5. The molecule has 0 fully saturated rings. The van der Waals surface area contributed by atoms with Gasteiger partial charge in [-0.1, -0.05) is 41.5 Å². The van der Waals surface area contributed by atoms with E-state index < -0.39 is 15.5 Å². The van der Waals surface area contributed by atoms with Gasteiger partial charge in [-0.15, -0.1) is 0 Å². The van der Waals surface area contributed by atoms with Crippen molar-refractivity contribution in [3.8, 4) is 17.3 Å². The van der Waals surface area contributed by atoms with E-state index in [1.807, 2.05) is 22.9 Å². The van der Waals surface area contributed by atoms with E-state index in [-0.39, 0.29) is 10.5 Å². The zero-order valence-corrected chi connectivity index (χ0v) is 28.0. The van der Waals surface area contributed by atoms with Gasteiger partial charge in [0.2, 0.25) is 5.95 Å². The fourth-order valence-electron chi connectivity index (χ4n) is 4.55. The Balaban J connectivity index is 1.68. The Bertz CT molecular complexity index is 1530. The zero-order valence-electron chi connectivity index (χ0n) is 26.1. The summed E-state index contributed by atoms with van der Waals surface area (Å²) in [5.74, 6) is 1.45. The minimum absolute atomic E-state index is 0.110. The Hall–Kier alpha value is -2.99. The van der Waals surface area contributed by atoms with Crippen LogP contribution in [0.4, 0.5) is 17.5 Å². The average Bonchev–Trinajstić information content (AvgIpc) is 3.42. The SMILES string of the molecule is CC(C)Cn1nc(P(C)(C)=O)cc1Nc1nccc(-c2cc(C#N)c3c(c2)[C@@](C)(CO[Si](C)(C)C(C)(C)C)CN3)n1. The molecule has 0 aliphatic carbocycles. The first kappa shape index (κ1) is 31.0. The maximum atomic E-state index is 12.7. The second-order valence-electron chi connectivity index (χ2n) is 13.7. The van der Waals surface area contributed by atoms with Crippen molar-refractivity contribution in [2.45, 2.75) is 71.6 Å². The molecule has 1 aliphatic rings. The summed E-state index contributed by atoms with van der Waals surface area (Å²) >= 11 is 0. The van der Waals surface area contributed by atoms with Crippen LogP contribution in [0.25, 0.3) is 11.3 Å². The van der Waals surface area contributed by atoms with Crippen molar-refractivity contribution in [1.82, 2.24) is 19.7 Å². The second-order valence-corrected chi connectivity index (χ2v) is 21.7. The number of hydrogen-bond acceptors (Lipinski definition) is 8. The quantitative estimate of drug-likeness (QED) is 0.211. The third-order valence-corrected chi connectivity index (χ3v) is 14.0. The van der Waals surface area contributed by atoms with E-state index in [0.29, 0.717) is 54.1 Å². The van der Waals surface area contributed by atoms with E-state index in [0.717, 1.165) is 16.8 Å². The molecule has 9 nitrogen and oxygen atoms in total. The van der Waals surface area contributed by atoms with Crippen LogP contribution in [0.1, 0.15) is 52.7 Å². The van der Waals surface area contributed by atoms with E-state index >= 15 is 0 Å². The first-order chi connectivity index (χ1) is 18.9. The standard InChI is InChI=1S/C30H44N7O2PSi/c1-20(2)17-37-25(15-26(36-37)40(7,8)38)35-28-32-12-11-24(34-28)21-13-22(16-31)27-23(14-21)30(6,18-33-27)19-39-41(9,10)29(3,4)5/h11-15,20,33H,17-19H2,1-10H3,(H,32,34,35)/t30-/m1/s1. The van der Waals surface area contributed by atoms with E-state index in [2.05, 4.69) is 87.5 Å². The van der Waals surface area contributed by atoms with Gasteiger partial charge in [0.05, 0.1) is 16.9 Å². The first-order valence-corrected chi connectivity index (χ1v) is 19.6. The smallest absolute Gasteiger partial charge is 0.228 e.